The molecular weight excluding hydrogens is 544 g/mol. The fourth-order valence-electron chi connectivity index (χ4n) is 4.28. The zero-order valence-electron chi connectivity index (χ0n) is 22.9. The van der Waals surface area contributed by atoms with Gasteiger partial charge in [0.15, 0.2) is 11.4 Å². The van der Waals surface area contributed by atoms with E-state index < -0.39 is 58.2 Å². The van der Waals surface area contributed by atoms with E-state index in [9.17, 15) is 19.4 Å². The van der Waals surface area contributed by atoms with E-state index in [1.54, 1.807) is 13.0 Å². The van der Waals surface area contributed by atoms with Gasteiger partial charge in [0.2, 0.25) is 0 Å². The average molecular weight is 573 g/mol. The van der Waals surface area contributed by atoms with Crippen molar-refractivity contribution in [1.29, 1.82) is 0 Å². The van der Waals surface area contributed by atoms with Crippen molar-refractivity contribution >= 4 is 16.8 Å². The Morgan fingerprint density at radius 1 is 1.00 bits per heavy atom. The van der Waals surface area contributed by atoms with E-state index in [1.807, 2.05) is 0 Å². The third kappa shape index (κ3) is 5.84. The van der Waals surface area contributed by atoms with Crippen molar-refractivity contribution in [3.63, 3.8) is 0 Å². The van der Waals surface area contributed by atoms with Gasteiger partial charge in [-0.2, -0.15) is 5.10 Å². The smallest absolute Gasteiger partial charge is 0.280 e. The van der Waals surface area contributed by atoms with Crippen LogP contribution >= 0.6 is 0 Å². The number of fused-ring (bicyclic) bond motifs is 1. The zero-order chi connectivity index (χ0) is 30.3. The molecule has 8 nitrogen and oxygen atoms in total. The Morgan fingerprint density at radius 3 is 2.24 bits per heavy atom. The van der Waals surface area contributed by atoms with Crippen LogP contribution in [-0.4, -0.2) is 50.9 Å². The number of halogens is 4. The van der Waals surface area contributed by atoms with E-state index >= 15 is 13.2 Å². The Bertz CT molecular complexity index is 1620. The maximum Gasteiger partial charge on any atom is 0.280 e. The molecule has 1 amide bonds. The van der Waals surface area contributed by atoms with E-state index in [0.717, 1.165) is 18.2 Å². The van der Waals surface area contributed by atoms with Gasteiger partial charge in [0.25, 0.3) is 11.8 Å². The van der Waals surface area contributed by atoms with Crippen molar-refractivity contribution in [3.8, 4) is 17.0 Å². The van der Waals surface area contributed by atoms with Gasteiger partial charge in [0.1, 0.15) is 22.8 Å². The number of pyridine rings is 1. The minimum atomic E-state index is -3.92. The molecule has 2 aromatic carbocycles. The van der Waals surface area contributed by atoms with E-state index in [1.165, 1.54) is 45.2 Å². The van der Waals surface area contributed by atoms with Crippen LogP contribution in [-0.2, 0) is 11.2 Å². The van der Waals surface area contributed by atoms with Crippen LogP contribution in [0.5, 0.6) is 5.75 Å². The lowest BCUT2D eigenvalue weighted by molar-refractivity contribution is -0.174. The molecule has 12 heteroatoms. The summed E-state index contributed by atoms with van der Waals surface area (Å²) in [4.78, 5) is 17.1. The van der Waals surface area contributed by atoms with Gasteiger partial charge in [-0.1, -0.05) is 0 Å². The number of hydrogen-bond donors (Lipinski definition) is 3. The first kappa shape index (κ1) is 29.8. The number of aliphatic hydroxyl groups is 2. The van der Waals surface area contributed by atoms with Crippen LogP contribution in [0.15, 0.2) is 48.5 Å². The number of nitrogens with zero attached hydrogens (tertiary/aromatic N) is 3. The van der Waals surface area contributed by atoms with Crippen LogP contribution in [0.25, 0.3) is 22.2 Å². The highest BCUT2D eigenvalue weighted by Crippen LogP contribution is 2.40. The second kappa shape index (κ2) is 10.7. The summed E-state index contributed by atoms with van der Waals surface area (Å²) in [5, 5.41) is 32.8. The number of alkyl halides is 2. The first-order valence-corrected chi connectivity index (χ1v) is 12.5. The molecule has 0 saturated heterocycles. The standard InChI is InChI=1S/C29H28F4N4O4/c1-15-10-17-11-18(12-21(41-5)24(17)37-36-15)26(38)34-14-29(40,28(4,32)33)22-13-20(27(2,3)39)23(31)25(35-22)16-6-8-19(30)9-7-16/h6-13,39-40H,14H2,1-5H3,(H,34,38)/t29-/m1/s1. The van der Waals surface area contributed by atoms with E-state index in [-0.39, 0.29) is 16.9 Å². The highest BCUT2D eigenvalue weighted by Gasteiger charge is 2.52. The van der Waals surface area contributed by atoms with Crippen molar-refractivity contribution < 1.29 is 37.3 Å². The number of carbonyl (C=O) groups is 1. The molecule has 0 saturated carbocycles. The van der Waals surface area contributed by atoms with Gasteiger partial charge in [-0.05, 0) is 69.3 Å². The third-order valence-corrected chi connectivity index (χ3v) is 6.65. The molecule has 1 atom stereocenters. The van der Waals surface area contributed by atoms with Crippen LogP contribution in [0, 0.1) is 18.6 Å². The predicted molar refractivity (Wildman–Crippen MR) is 143 cm³/mol. The first-order valence-electron chi connectivity index (χ1n) is 12.5. The van der Waals surface area contributed by atoms with Crippen molar-refractivity contribution in [2.75, 3.05) is 13.7 Å². The zero-order valence-corrected chi connectivity index (χ0v) is 22.9. The van der Waals surface area contributed by atoms with E-state index in [2.05, 4.69) is 20.5 Å². The summed E-state index contributed by atoms with van der Waals surface area (Å²) in [5.41, 5.74) is -5.70. The number of aryl methyl sites for hydroxylation is 1. The molecule has 0 fully saturated rings. The summed E-state index contributed by atoms with van der Waals surface area (Å²) in [5.74, 6) is -6.20. The van der Waals surface area contributed by atoms with Crippen molar-refractivity contribution in [2.24, 2.45) is 0 Å². The number of hydrogen-bond acceptors (Lipinski definition) is 7. The summed E-state index contributed by atoms with van der Waals surface area (Å²) in [6.07, 6.45) is 0. The fourth-order valence-corrected chi connectivity index (χ4v) is 4.28. The van der Waals surface area contributed by atoms with Crippen LogP contribution in [0.4, 0.5) is 17.6 Å². The molecule has 4 rings (SSSR count). The van der Waals surface area contributed by atoms with Gasteiger partial charge in [-0.3, -0.25) is 4.79 Å². The van der Waals surface area contributed by atoms with Crippen LogP contribution in [0.2, 0.25) is 0 Å². The number of amides is 1. The second-order valence-electron chi connectivity index (χ2n) is 10.3. The second-order valence-corrected chi connectivity index (χ2v) is 10.3. The highest BCUT2D eigenvalue weighted by molar-refractivity contribution is 5.99. The van der Waals surface area contributed by atoms with Gasteiger partial charge in [0, 0.05) is 29.0 Å². The SMILES string of the molecule is COc1cc(C(=O)NC[C@@](O)(c2cc(C(C)(C)O)c(F)c(-c3ccc(F)cc3)n2)C(C)(F)F)cc2cc(C)nnc12. The van der Waals surface area contributed by atoms with E-state index in [4.69, 9.17) is 4.74 Å². The lowest BCUT2D eigenvalue weighted by Gasteiger charge is -2.34. The molecule has 2 heterocycles. The number of carbonyl (C=O) groups excluding carboxylic acids is 1. The number of nitrogens with one attached hydrogen (secondary N) is 1. The Kier molecular flexibility index (Phi) is 7.76. The molecule has 2 aromatic heterocycles. The van der Waals surface area contributed by atoms with Gasteiger partial charge in [-0.15, -0.1) is 5.10 Å². The molecular formula is C29H28F4N4O4. The molecule has 0 aliphatic rings. The Labute approximate surface area is 233 Å². The molecule has 216 valence electrons. The lowest BCUT2D eigenvalue weighted by atomic mass is 9.87. The number of methoxy groups -OCH3 is 1. The minimum Gasteiger partial charge on any atom is -0.494 e. The summed E-state index contributed by atoms with van der Waals surface area (Å²) >= 11 is 0. The van der Waals surface area contributed by atoms with Crippen molar-refractivity contribution in [1.82, 2.24) is 20.5 Å². The Morgan fingerprint density at radius 2 is 1.66 bits per heavy atom. The number of rotatable bonds is 8. The molecule has 0 bridgehead atoms. The minimum absolute atomic E-state index is 0.0173. The molecule has 3 N–H and O–H groups in total. The highest BCUT2D eigenvalue weighted by atomic mass is 19.3. The summed E-state index contributed by atoms with van der Waals surface area (Å²) in [6.45, 7) is 3.54. The van der Waals surface area contributed by atoms with Gasteiger partial charge >= 0.3 is 0 Å². The van der Waals surface area contributed by atoms with Gasteiger partial charge in [-0.25, -0.2) is 22.5 Å². The van der Waals surface area contributed by atoms with Crippen LogP contribution in [0.1, 0.15) is 48.1 Å². The topological polar surface area (TPSA) is 117 Å². The van der Waals surface area contributed by atoms with Crippen molar-refractivity contribution in [2.45, 2.75) is 44.8 Å². The third-order valence-electron chi connectivity index (χ3n) is 6.65. The first-order chi connectivity index (χ1) is 19.0. The van der Waals surface area contributed by atoms with Crippen LogP contribution < -0.4 is 10.1 Å². The molecule has 0 unspecified atom stereocenters. The molecule has 0 aliphatic carbocycles. The van der Waals surface area contributed by atoms with Gasteiger partial charge < -0.3 is 20.3 Å². The molecule has 0 spiro atoms. The Hall–Kier alpha value is -4.16. The average Bonchev–Trinajstić information content (AvgIpc) is 2.90. The normalized spacial score (nSPS) is 13.6. The molecule has 0 radical (unpaired) electrons. The van der Waals surface area contributed by atoms with Crippen LogP contribution in [0.3, 0.4) is 0 Å². The van der Waals surface area contributed by atoms with Gasteiger partial charge in [0.05, 0.1) is 30.6 Å². The Balaban J connectivity index is 1.79. The lowest BCUT2D eigenvalue weighted by Crippen LogP contribution is -2.52. The number of ether oxygens (including phenoxy) is 1. The van der Waals surface area contributed by atoms with Crippen molar-refractivity contribution in [3.05, 3.63) is 82.7 Å². The summed E-state index contributed by atoms with van der Waals surface area (Å²) in [6, 6.07) is 9.72. The largest absolute Gasteiger partial charge is 0.494 e. The molecule has 0 aliphatic heterocycles. The number of benzene rings is 2. The number of aromatic nitrogens is 3. The predicted octanol–water partition coefficient (Wildman–Crippen LogP) is 4.79. The summed E-state index contributed by atoms with van der Waals surface area (Å²) in [7, 11) is 1.37. The van der Waals surface area contributed by atoms with E-state index in [0.29, 0.717) is 23.5 Å². The maximum absolute atomic E-state index is 15.5. The summed E-state index contributed by atoms with van der Waals surface area (Å²) < 4.78 is 64.6. The molecule has 41 heavy (non-hydrogen) atoms. The monoisotopic (exact) mass is 572 g/mol. The fraction of sp³-hybridized carbons (Fsp3) is 0.310. The maximum atomic E-state index is 15.5. The molecule has 4 aromatic rings. The quantitative estimate of drug-likeness (QED) is 0.260.